The van der Waals surface area contributed by atoms with Crippen LogP contribution in [0.3, 0.4) is 0 Å². The molecule has 0 aliphatic heterocycles. The number of aromatic nitrogens is 3. The first kappa shape index (κ1) is 12.8. The van der Waals surface area contributed by atoms with Crippen molar-refractivity contribution in [3.05, 3.63) is 16.3 Å². The second-order valence-electron chi connectivity index (χ2n) is 3.08. The molecule has 92 valence electrons. The Morgan fingerprint density at radius 1 is 1.44 bits per heavy atom. The molecule has 0 saturated heterocycles. The first-order valence-corrected chi connectivity index (χ1v) is 4.66. The third kappa shape index (κ3) is 2.63. The molecule has 1 heterocycles. The van der Waals surface area contributed by atoms with Gasteiger partial charge >= 0.3 is 11.9 Å². The van der Waals surface area contributed by atoms with E-state index in [9.17, 15) is 18.0 Å². The first-order valence-electron chi connectivity index (χ1n) is 4.66. The molecule has 0 unspecified atom stereocenters. The predicted molar refractivity (Wildman–Crippen MR) is 49.0 cm³/mol. The highest BCUT2D eigenvalue weighted by Gasteiger charge is 2.37. The van der Waals surface area contributed by atoms with Crippen molar-refractivity contribution in [1.29, 1.82) is 0 Å². The number of ether oxygens (including phenoxy) is 1. The van der Waals surface area contributed by atoms with Gasteiger partial charge in [-0.25, -0.2) is 9.48 Å². The van der Waals surface area contributed by atoms with Crippen molar-refractivity contribution in [2.24, 2.45) is 7.05 Å². The van der Waals surface area contributed by atoms with Gasteiger partial charge in [-0.05, 0) is 6.92 Å². The van der Waals surface area contributed by atoms with Gasteiger partial charge in [0.15, 0.2) is 0 Å². The van der Waals surface area contributed by atoms with Crippen molar-refractivity contribution in [2.45, 2.75) is 19.6 Å². The molecule has 1 rings (SSSR count). The molecule has 0 aliphatic carbocycles. The molecule has 0 aliphatic rings. The lowest BCUT2D eigenvalue weighted by molar-refractivity contribution is -0.147. The standard InChI is InChI=1S/C8H12F3N3O2/c1-3-16-5-4-14-7(15)13(2)6(12-14)8(9,10)11/h3-5H2,1-2H3. The van der Waals surface area contributed by atoms with Gasteiger partial charge in [0.25, 0.3) is 0 Å². The van der Waals surface area contributed by atoms with Crippen LogP contribution in [0.4, 0.5) is 13.2 Å². The topological polar surface area (TPSA) is 49.0 Å². The average Bonchev–Trinajstić information content (AvgIpc) is 2.45. The molecule has 0 atom stereocenters. The van der Waals surface area contributed by atoms with Crippen LogP contribution in [-0.4, -0.2) is 27.6 Å². The Labute approximate surface area is 89.4 Å². The SMILES string of the molecule is CCOCCn1nc(C(F)(F)F)n(C)c1=O. The van der Waals surface area contributed by atoms with Crippen molar-refractivity contribution in [2.75, 3.05) is 13.2 Å². The molecule has 0 fully saturated rings. The number of hydrogen-bond donors (Lipinski definition) is 0. The summed E-state index contributed by atoms with van der Waals surface area (Å²) in [5.74, 6) is -1.20. The minimum atomic E-state index is -4.62. The monoisotopic (exact) mass is 239 g/mol. The number of alkyl halides is 3. The van der Waals surface area contributed by atoms with Gasteiger partial charge in [0.1, 0.15) is 0 Å². The summed E-state index contributed by atoms with van der Waals surface area (Å²) < 4.78 is 43.3. The molecule has 0 N–H and O–H groups in total. The van der Waals surface area contributed by atoms with E-state index in [1.807, 2.05) is 0 Å². The van der Waals surface area contributed by atoms with Crippen LogP contribution >= 0.6 is 0 Å². The van der Waals surface area contributed by atoms with Crippen LogP contribution in [0.2, 0.25) is 0 Å². The van der Waals surface area contributed by atoms with Gasteiger partial charge in [0.05, 0.1) is 13.2 Å². The summed E-state index contributed by atoms with van der Waals surface area (Å²) >= 11 is 0. The lowest BCUT2D eigenvalue weighted by Gasteiger charge is -2.02. The highest BCUT2D eigenvalue weighted by Crippen LogP contribution is 2.25. The third-order valence-electron chi connectivity index (χ3n) is 1.95. The first-order chi connectivity index (χ1) is 7.38. The number of rotatable bonds is 4. The van der Waals surface area contributed by atoms with E-state index in [2.05, 4.69) is 5.10 Å². The zero-order chi connectivity index (χ0) is 12.3. The van der Waals surface area contributed by atoms with Crippen LogP contribution < -0.4 is 5.69 Å². The summed E-state index contributed by atoms with van der Waals surface area (Å²) in [6.07, 6.45) is -4.62. The summed E-state index contributed by atoms with van der Waals surface area (Å²) in [6.45, 7) is 2.36. The molecule has 0 radical (unpaired) electrons. The van der Waals surface area contributed by atoms with Crippen LogP contribution in [-0.2, 0) is 24.5 Å². The second-order valence-corrected chi connectivity index (χ2v) is 3.08. The van der Waals surface area contributed by atoms with Gasteiger partial charge in [0.2, 0.25) is 5.82 Å². The molecular formula is C8H12F3N3O2. The maximum absolute atomic E-state index is 12.4. The summed E-state index contributed by atoms with van der Waals surface area (Å²) in [5, 5.41) is 3.21. The quantitative estimate of drug-likeness (QED) is 0.724. The van der Waals surface area contributed by atoms with E-state index in [-0.39, 0.29) is 13.2 Å². The molecule has 0 aromatic carbocycles. The summed E-state index contributed by atoms with van der Waals surface area (Å²) in [5.41, 5.74) is -0.799. The number of nitrogens with zero attached hydrogens (tertiary/aromatic N) is 3. The maximum atomic E-state index is 12.4. The Balaban J connectivity index is 2.92. The normalized spacial score (nSPS) is 12.1. The fourth-order valence-electron chi connectivity index (χ4n) is 1.18. The smallest absolute Gasteiger partial charge is 0.380 e. The molecule has 0 bridgehead atoms. The Bertz CT molecular complexity index is 408. The zero-order valence-electron chi connectivity index (χ0n) is 8.91. The van der Waals surface area contributed by atoms with Gasteiger partial charge in [-0.15, -0.1) is 5.10 Å². The minimum absolute atomic E-state index is 0.0105. The molecule has 16 heavy (non-hydrogen) atoms. The Morgan fingerprint density at radius 2 is 2.06 bits per heavy atom. The van der Waals surface area contributed by atoms with Crippen molar-refractivity contribution in [3.63, 3.8) is 0 Å². The molecule has 8 heteroatoms. The van der Waals surface area contributed by atoms with Crippen LogP contribution in [0.5, 0.6) is 0 Å². The van der Waals surface area contributed by atoms with Gasteiger partial charge in [0, 0.05) is 13.7 Å². The molecule has 1 aromatic heterocycles. The molecule has 0 saturated carbocycles. The van der Waals surface area contributed by atoms with Gasteiger partial charge in [-0.3, -0.25) is 4.57 Å². The van der Waals surface area contributed by atoms with E-state index in [1.165, 1.54) is 0 Å². The number of halogens is 3. The largest absolute Gasteiger partial charge is 0.451 e. The third-order valence-corrected chi connectivity index (χ3v) is 1.95. The highest BCUT2D eigenvalue weighted by atomic mass is 19.4. The van der Waals surface area contributed by atoms with E-state index < -0.39 is 17.7 Å². The van der Waals surface area contributed by atoms with Gasteiger partial charge < -0.3 is 4.74 Å². The Morgan fingerprint density at radius 3 is 2.50 bits per heavy atom. The summed E-state index contributed by atoms with van der Waals surface area (Å²) in [4.78, 5) is 11.3. The van der Waals surface area contributed by atoms with E-state index in [0.717, 1.165) is 11.7 Å². The fraction of sp³-hybridized carbons (Fsp3) is 0.750. The van der Waals surface area contributed by atoms with Crippen LogP contribution in [0, 0.1) is 0 Å². The van der Waals surface area contributed by atoms with Crippen molar-refractivity contribution < 1.29 is 17.9 Å². The van der Waals surface area contributed by atoms with Gasteiger partial charge in [-0.2, -0.15) is 13.2 Å². The van der Waals surface area contributed by atoms with Crippen LogP contribution in [0.1, 0.15) is 12.7 Å². The van der Waals surface area contributed by atoms with Crippen molar-refractivity contribution >= 4 is 0 Å². The zero-order valence-corrected chi connectivity index (χ0v) is 8.91. The summed E-state index contributed by atoms with van der Waals surface area (Å²) in [6, 6.07) is 0. The van der Waals surface area contributed by atoms with Crippen LogP contribution in [0.25, 0.3) is 0 Å². The molecule has 0 spiro atoms. The second kappa shape index (κ2) is 4.69. The van der Waals surface area contributed by atoms with E-state index in [4.69, 9.17) is 4.74 Å². The Kier molecular flexibility index (Phi) is 3.74. The van der Waals surface area contributed by atoms with E-state index in [1.54, 1.807) is 6.92 Å². The van der Waals surface area contributed by atoms with Crippen LogP contribution in [0.15, 0.2) is 4.79 Å². The number of hydrogen-bond acceptors (Lipinski definition) is 3. The average molecular weight is 239 g/mol. The molecule has 1 aromatic rings. The van der Waals surface area contributed by atoms with Crippen molar-refractivity contribution in [1.82, 2.24) is 14.3 Å². The Hall–Kier alpha value is -1.31. The predicted octanol–water partition coefficient (Wildman–Crippen LogP) is 0.637. The molecular weight excluding hydrogens is 227 g/mol. The highest BCUT2D eigenvalue weighted by molar-refractivity contribution is 4.91. The molecule has 0 amide bonds. The van der Waals surface area contributed by atoms with Crippen molar-refractivity contribution in [3.8, 4) is 0 Å². The van der Waals surface area contributed by atoms with E-state index in [0.29, 0.717) is 11.2 Å². The minimum Gasteiger partial charge on any atom is -0.380 e. The molecule has 5 nitrogen and oxygen atoms in total. The lowest BCUT2D eigenvalue weighted by Crippen LogP contribution is -2.25. The lowest BCUT2D eigenvalue weighted by atomic mass is 10.6. The van der Waals surface area contributed by atoms with Gasteiger partial charge in [-0.1, -0.05) is 0 Å². The fourth-order valence-corrected chi connectivity index (χ4v) is 1.18. The summed E-state index contributed by atoms with van der Waals surface area (Å²) in [7, 11) is 1.04. The van der Waals surface area contributed by atoms with E-state index >= 15 is 0 Å². The maximum Gasteiger partial charge on any atom is 0.451 e.